The molecule has 3 aromatic rings. The highest BCUT2D eigenvalue weighted by molar-refractivity contribution is 6.11. The quantitative estimate of drug-likeness (QED) is 0.723. The molecule has 0 unspecified atom stereocenters. The lowest BCUT2D eigenvalue weighted by Crippen LogP contribution is -2.21. The summed E-state index contributed by atoms with van der Waals surface area (Å²) in [7, 11) is 1.61. The van der Waals surface area contributed by atoms with E-state index >= 15 is 0 Å². The maximum atomic E-state index is 12.3. The number of pyridine rings is 1. The number of anilines is 1. The van der Waals surface area contributed by atoms with Gasteiger partial charge in [-0.15, -0.1) is 0 Å². The largest absolute Gasteiger partial charge is 0.317 e. The summed E-state index contributed by atoms with van der Waals surface area (Å²) in [6, 6.07) is 6.99. The molecule has 2 N–H and O–H groups in total. The van der Waals surface area contributed by atoms with Gasteiger partial charge < -0.3 is 4.57 Å². The van der Waals surface area contributed by atoms with Crippen molar-refractivity contribution in [3.8, 4) is 0 Å². The van der Waals surface area contributed by atoms with E-state index in [0.29, 0.717) is 16.3 Å². The molecule has 7 heteroatoms. The van der Waals surface area contributed by atoms with E-state index in [9.17, 15) is 9.59 Å². The molecule has 2 heterocycles. The van der Waals surface area contributed by atoms with Gasteiger partial charge in [-0.2, -0.15) is 10.1 Å². The molecule has 1 amide bonds. The predicted molar refractivity (Wildman–Crippen MR) is 73.5 cm³/mol. The van der Waals surface area contributed by atoms with Crippen LogP contribution in [0.4, 0.5) is 5.95 Å². The highest BCUT2D eigenvalue weighted by Crippen LogP contribution is 2.16. The van der Waals surface area contributed by atoms with Crippen LogP contribution in [0.5, 0.6) is 0 Å². The van der Waals surface area contributed by atoms with Crippen molar-refractivity contribution in [3.63, 3.8) is 0 Å². The minimum absolute atomic E-state index is 0.142. The minimum Gasteiger partial charge on any atom is -0.317 e. The second-order valence-corrected chi connectivity index (χ2v) is 4.29. The molecule has 0 atom stereocenters. The molecule has 0 aliphatic carbocycles. The van der Waals surface area contributed by atoms with Crippen LogP contribution >= 0.6 is 0 Å². The third-order valence-electron chi connectivity index (χ3n) is 2.98. The molecule has 0 aliphatic rings. The number of aromatic amines is 1. The number of benzene rings is 1. The summed E-state index contributed by atoms with van der Waals surface area (Å²) in [4.78, 5) is 28.1. The van der Waals surface area contributed by atoms with E-state index in [1.165, 1.54) is 17.1 Å². The summed E-state index contributed by atoms with van der Waals surface area (Å²) in [5, 5.41) is 9.91. The fourth-order valence-corrected chi connectivity index (χ4v) is 2.04. The number of nitrogens with one attached hydrogen (secondary N) is 2. The number of hydrogen-bond acceptors (Lipinski definition) is 4. The van der Waals surface area contributed by atoms with Crippen molar-refractivity contribution in [2.24, 2.45) is 7.05 Å². The third kappa shape index (κ3) is 1.95. The summed E-state index contributed by atoms with van der Waals surface area (Å²) < 4.78 is 1.39. The Morgan fingerprint density at radius 1 is 1.30 bits per heavy atom. The lowest BCUT2D eigenvalue weighted by atomic mass is 10.1. The Morgan fingerprint density at radius 3 is 2.75 bits per heavy atom. The van der Waals surface area contributed by atoms with Crippen molar-refractivity contribution < 1.29 is 4.79 Å². The molecular formula is C13H11N5O2. The first-order chi connectivity index (χ1) is 9.66. The number of aryl methyl sites for hydroxylation is 1. The molecule has 3 rings (SSSR count). The fourth-order valence-electron chi connectivity index (χ4n) is 2.04. The van der Waals surface area contributed by atoms with Gasteiger partial charge in [-0.1, -0.05) is 18.2 Å². The second-order valence-electron chi connectivity index (χ2n) is 4.29. The lowest BCUT2D eigenvalue weighted by molar-refractivity contribution is 0.102. The zero-order chi connectivity index (χ0) is 14.1. The van der Waals surface area contributed by atoms with Crippen LogP contribution in [-0.4, -0.2) is 25.7 Å². The van der Waals surface area contributed by atoms with Crippen molar-refractivity contribution in [3.05, 3.63) is 52.7 Å². The predicted octanol–water partition coefficient (Wildman–Crippen LogP) is 0.909. The normalized spacial score (nSPS) is 10.7. The van der Waals surface area contributed by atoms with Gasteiger partial charge in [0, 0.05) is 24.0 Å². The maximum Gasteiger partial charge on any atom is 0.260 e. The van der Waals surface area contributed by atoms with Gasteiger partial charge in [0.15, 0.2) is 0 Å². The molecule has 0 fully saturated rings. The van der Waals surface area contributed by atoms with E-state index in [1.807, 2.05) is 0 Å². The summed E-state index contributed by atoms with van der Waals surface area (Å²) in [6.45, 7) is 0. The molecule has 0 spiro atoms. The lowest BCUT2D eigenvalue weighted by Gasteiger charge is -2.08. The van der Waals surface area contributed by atoms with E-state index < -0.39 is 0 Å². The van der Waals surface area contributed by atoms with Crippen molar-refractivity contribution >= 4 is 22.6 Å². The van der Waals surface area contributed by atoms with Crippen LogP contribution in [0.25, 0.3) is 10.8 Å². The van der Waals surface area contributed by atoms with Crippen LogP contribution < -0.4 is 10.9 Å². The third-order valence-corrected chi connectivity index (χ3v) is 2.98. The van der Waals surface area contributed by atoms with Crippen molar-refractivity contribution in [2.75, 3.05) is 5.32 Å². The van der Waals surface area contributed by atoms with Gasteiger partial charge in [0.25, 0.3) is 11.5 Å². The average molecular weight is 269 g/mol. The Hall–Kier alpha value is -2.96. The first kappa shape index (κ1) is 12.1. The Labute approximate surface area is 113 Å². The Balaban J connectivity index is 2.14. The molecular weight excluding hydrogens is 258 g/mol. The minimum atomic E-state index is -0.353. The Kier molecular flexibility index (Phi) is 2.79. The summed E-state index contributed by atoms with van der Waals surface area (Å²) in [6.07, 6.45) is 2.81. The monoisotopic (exact) mass is 269 g/mol. The van der Waals surface area contributed by atoms with Gasteiger partial charge in [-0.3, -0.25) is 14.9 Å². The SMILES string of the molecule is Cn1cc(C(=O)Nc2ncn[nH]2)c2ccccc2c1=O. The zero-order valence-electron chi connectivity index (χ0n) is 10.6. The van der Waals surface area contributed by atoms with Gasteiger partial charge in [0.1, 0.15) is 6.33 Å². The molecule has 100 valence electrons. The molecule has 0 saturated carbocycles. The second kappa shape index (κ2) is 4.61. The van der Waals surface area contributed by atoms with Crippen LogP contribution in [0.1, 0.15) is 10.4 Å². The number of amides is 1. The molecule has 20 heavy (non-hydrogen) atoms. The van der Waals surface area contributed by atoms with Gasteiger partial charge in [0.05, 0.1) is 5.56 Å². The van der Waals surface area contributed by atoms with Gasteiger partial charge >= 0.3 is 0 Å². The van der Waals surface area contributed by atoms with Crippen molar-refractivity contribution in [1.29, 1.82) is 0 Å². The molecule has 0 aliphatic heterocycles. The van der Waals surface area contributed by atoms with Gasteiger partial charge in [-0.05, 0) is 6.07 Å². The number of H-pyrrole nitrogens is 1. The number of hydrogen-bond donors (Lipinski definition) is 2. The first-order valence-corrected chi connectivity index (χ1v) is 5.92. The van der Waals surface area contributed by atoms with E-state index in [-0.39, 0.29) is 17.4 Å². The van der Waals surface area contributed by atoms with Crippen LogP contribution in [0, 0.1) is 0 Å². The number of fused-ring (bicyclic) bond motifs is 1. The Bertz CT molecular complexity index is 836. The van der Waals surface area contributed by atoms with Crippen LogP contribution in [0.15, 0.2) is 41.6 Å². The standard InChI is InChI=1S/C13H11N5O2/c1-18-6-10(11(19)16-13-14-7-15-17-13)8-4-2-3-5-9(8)12(18)20/h2-7H,1H3,(H2,14,15,16,17,19). The van der Waals surface area contributed by atoms with Crippen molar-refractivity contribution in [2.45, 2.75) is 0 Å². The van der Waals surface area contributed by atoms with Crippen LogP contribution in [0.3, 0.4) is 0 Å². The number of nitrogens with zero attached hydrogens (tertiary/aromatic N) is 3. The van der Waals surface area contributed by atoms with Gasteiger partial charge in [0.2, 0.25) is 5.95 Å². The first-order valence-electron chi connectivity index (χ1n) is 5.92. The molecule has 2 aromatic heterocycles. The number of rotatable bonds is 2. The van der Waals surface area contributed by atoms with Gasteiger partial charge in [-0.25, -0.2) is 5.10 Å². The number of carbonyl (C=O) groups is 1. The van der Waals surface area contributed by atoms with E-state index in [2.05, 4.69) is 20.5 Å². The fraction of sp³-hybridized carbons (Fsp3) is 0.0769. The average Bonchev–Trinajstić information content (AvgIpc) is 2.95. The van der Waals surface area contributed by atoms with E-state index in [4.69, 9.17) is 0 Å². The molecule has 1 aromatic carbocycles. The number of carbonyl (C=O) groups excluding carboxylic acids is 1. The summed E-state index contributed by atoms with van der Waals surface area (Å²) in [5.74, 6) is -0.0958. The van der Waals surface area contributed by atoms with Crippen molar-refractivity contribution in [1.82, 2.24) is 19.7 Å². The van der Waals surface area contributed by atoms with Crippen LogP contribution in [0.2, 0.25) is 0 Å². The summed E-state index contributed by atoms with van der Waals surface area (Å²) >= 11 is 0. The highest BCUT2D eigenvalue weighted by Gasteiger charge is 2.14. The molecule has 0 radical (unpaired) electrons. The zero-order valence-corrected chi connectivity index (χ0v) is 10.6. The topological polar surface area (TPSA) is 92.7 Å². The van der Waals surface area contributed by atoms with E-state index in [1.54, 1.807) is 31.3 Å². The maximum absolute atomic E-state index is 12.3. The number of aromatic nitrogens is 4. The summed E-state index contributed by atoms with van der Waals surface area (Å²) in [5.41, 5.74) is 0.260. The highest BCUT2D eigenvalue weighted by atomic mass is 16.2. The molecule has 0 saturated heterocycles. The van der Waals surface area contributed by atoms with Crippen LogP contribution in [-0.2, 0) is 7.05 Å². The smallest absolute Gasteiger partial charge is 0.260 e. The molecule has 7 nitrogen and oxygen atoms in total. The Morgan fingerprint density at radius 2 is 2.05 bits per heavy atom. The molecule has 0 bridgehead atoms. The van der Waals surface area contributed by atoms with E-state index in [0.717, 1.165) is 0 Å².